The lowest BCUT2D eigenvalue weighted by Crippen LogP contribution is -2.36. The Balaban J connectivity index is 2.08. The first kappa shape index (κ1) is 16.8. The minimum Gasteiger partial charge on any atom is -0.378 e. The number of hydrogen-bond acceptors (Lipinski definition) is 4. The van der Waals surface area contributed by atoms with Crippen molar-refractivity contribution in [1.29, 1.82) is 0 Å². The fourth-order valence-electron chi connectivity index (χ4n) is 2.64. The van der Waals surface area contributed by atoms with Gasteiger partial charge in [-0.05, 0) is 36.6 Å². The van der Waals surface area contributed by atoms with Crippen molar-refractivity contribution < 1.29 is 4.79 Å². The van der Waals surface area contributed by atoms with E-state index in [9.17, 15) is 4.79 Å². The van der Waals surface area contributed by atoms with E-state index in [-0.39, 0.29) is 11.9 Å². The molecule has 1 aliphatic rings. The Kier molecular flexibility index (Phi) is 6.00. The predicted octanol–water partition coefficient (Wildman–Crippen LogP) is 3.85. The summed E-state index contributed by atoms with van der Waals surface area (Å²) in [4.78, 5) is 20.8. The zero-order chi connectivity index (χ0) is 16.7. The van der Waals surface area contributed by atoms with Gasteiger partial charge >= 0.3 is 0 Å². The molecule has 1 amide bonds. The van der Waals surface area contributed by atoms with Crippen LogP contribution in [0, 0.1) is 0 Å². The third kappa shape index (κ3) is 5.00. The molecule has 1 fully saturated rings. The smallest absolute Gasteiger partial charge is 0.262 e. The fourth-order valence-corrected chi connectivity index (χ4v) is 2.64. The standard InChI is InChI=1S/C16H22N6O/c1-22(2)13-8-9-14(15(10-13)20-21-17)18-11-16(23)19-12-6-4-3-5-7-12/h8-12H,3-7H2,1-2H3,(H,19,23). The summed E-state index contributed by atoms with van der Waals surface area (Å²) in [5.41, 5.74) is 10.5. The summed E-state index contributed by atoms with van der Waals surface area (Å²) in [6.45, 7) is 0. The Morgan fingerprint density at radius 2 is 2.04 bits per heavy atom. The number of aliphatic imine (C=N–C) groups is 1. The van der Waals surface area contributed by atoms with E-state index < -0.39 is 0 Å². The molecule has 0 spiro atoms. The van der Waals surface area contributed by atoms with Gasteiger partial charge in [-0.1, -0.05) is 24.4 Å². The summed E-state index contributed by atoms with van der Waals surface area (Å²) in [7, 11) is 3.80. The first-order chi connectivity index (χ1) is 11.1. The molecule has 0 aliphatic heterocycles. The lowest BCUT2D eigenvalue weighted by atomic mass is 9.95. The lowest BCUT2D eigenvalue weighted by molar-refractivity contribution is -0.115. The Morgan fingerprint density at radius 1 is 1.30 bits per heavy atom. The molecule has 1 N–H and O–H groups in total. The molecule has 0 heterocycles. The van der Waals surface area contributed by atoms with Gasteiger partial charge in [-0.2, -0.15) is 0 Å². The van der Waals surface area contributed by atoms with Crippen molar-refractivity contribution in [2.45, 2.75) is 38.1 Å². The van der Waals surface area contributed by atoms with Crippen LogP contribution in [-0.2, 0) is 4.79 Å². The third-order valence-electron chi connectivity index (χ3n) is 3.90. The summed E-state index contributed by atoms with van der Waals surface area (Å²) in [5, 5.41) is 6.62. The maximum absolute atomic E-state index is 12.0. The molecule has 7 nitrogen and oxygen atoms in total. The van der Waals surface area contributed by atoms with Crippen LogP contribution in [0.3, 0.4) is 0 Å². The fraction of sp³-hybridized carbons (Fsp3) is 0.500. The van der Waals surface area contributed by atoms with E-state index in [4.69, 9.17) is 5.53 Å². The number of nitrogens with one attached hydrogen (secondary N) is 1. The Bertz CT molecular complexity index is 627. The van der Waals surface area contributed by atoms with Crippen LogP contribution in [0.1, 0.15) is 32.1 Å². The summed E-state index contributed by atoms with van der Waals surface area (Å²) < 4.78 is 0. The summed E-state index contributed by atoms with van der Waals surface area (Å²) >= 11 is 0. The molecule has 0 aromatic heterocycles. The van der Waals surface area contributed by atoms with E-state index in [2.05, 4.69) is 20.3 Å². The maximum atomic E-state index is 12.0. The van der Waals surface area contributed by atoms with Crippen molar-refractivity contribution in [1.82, 2.24) is 5.32 Å². The van der Waals surface area contributed by atoms with Gasteiger partial charge < -0.3 is 10.2 Å². The van der Waals surface area contributed by atoms with E-state index in [0.717, 1.165) is 31.4 Å². The summed E-state index contributed by atoms with van der Waals surface area (Å²) in [5.74, 6) is -0.208. The van der Waals surface area contributed by atoms with Crippen LogP contribution in [0.5, 0.6) is 0 Å². The van der Waals surface area contributed by atoms with Gasteiger partial charge in [-0.3, -0.25) is 9.79 Å². The van der Waals surface area contributed by atoms with E-state index in [1.54, 1.807) is 12.1 Å². The van der Waals surface area contributed by atoms with Crippen LogP contribution in [0.4, 0.5) is 17.1 Å². The molecule has 0 unspecified atom stereocenters. The van der Waals surface area contributed by atoms with Crippen molar-refractivity contribution >= 4 is 29.2 Å². The average Bonchev–Trinajstić information content (AvgIpc) is 2.54. The molecule has 1 aromatic rings. The molecule has 0 saturated heterocycles. The van der Waals surface area contributed by atoms with Gasteiger partial charge in [-0.25, -0.2) is 0 Å². The number of azide groups is 1. The molecule has 2 rings (SSSR count). The van der Waals surface area contributed by atoms with Crippen molar-refractivity contribution in [2.24, 2.45) is 10.1 Å². The van der Waals surface area contributed by atoms with Gasteiger partial charge in [0.15, 0.2) is 0 Å². The zero-order valence-electron chi connectivity index (χ0n) is 13.6. The minimum absolute atomic E-state index is 0.208. The SMILES string of the molecule is CN(C)c1ccc(N=CC(=O)NC2CCCCC2)c(N=[N+]=[N-])c1. The second kappa shape index (κ2) is 8.19. The molecular formula is C16H22N6O. The van der Waals surface area contributed by atoms with Gasteiger partial charge in [0.25, 0.3) is 5.91 Å². The molecule has 7 heteroatoms. The van der Waals surface area contributed by atoms with E-state index in [0.29, 0.717) is 11.4 Å². The molecule has 1 saturated carbocycles. The molecule has 0 bridgehead atoms. The predicted molar refractivity (Wildman–Crippen MR) is 92.7 cm³/mol. The first-order valence-corrected chi connectivity index (χ1v) is 7.81. The normalized spacial score (nSPS) is 15.2. The van der Waals surface area contributed by atoms with Crippen molar-refractivity contribution in [3.05, 3.63) is 28.6 Å². The van der Waals surface area contributed by atoms with Crippen molar-refractivity contribution in [2.75, 3.05) is 19.0 Å². The number of rotatable bonds is 5. The van der Waals surface area contributed by atoms with E-state index in [1.165, 1.54) is 12.6 Å². The number of anilines is 1. The topological polar surface area (TPSA) is 93.5 Å². The minimum atomic E-state index is -0.208. The number of hydrogen-bond donors (Lipinski definition) is 1. The van der Waals surface area contributed by atoms with Crippen LogP contribution >= 0.6 is 0 Å². The van der Waals surface area contributed by atoms with E-state index in [1.807, 2.05) is 25.1 Å². The molecule has 1 aromatic carbocycles. The lowest BCUT2D eigenvalue weighted by Gasteiger charge is -2.21. The van der Waals surface area contributed by atoms with Crippen LogP contribution < -0.4 is 10.2 Å². The number of benzene rings is 1. The third-order valence-corrected chi connectivity index (χ3v) is 3.90. The maximum Gasteiger partial charge on any atom is 0.262 e. The quantitative estimate of drug-likeness (QED) is 0.387. The highest BCUT2D eigenvalue weighted by molar-refractivity contribution is 6.27. The molecule has 1 aliphatic carbocycles. The number of amides is 1. The average molecular weight is 314 g/mol. The molecular weight excluding hydrogens is 292 g/mol. The number of carbonyl (C=O) groups is 1. The van der Waals surface area contributed by atoms with Gasteiger partial charge in [0.05, 0.1) is 17.6 Å². The molecule has 0 radical (unpaired) electrons. The highest BCUT2D eigenvalue weighted by Gasteiger charge is 2.14. The summed E-state index contributed by atoms with van der Waals surface area (Å²) in [6, 6.07) is 5.59. The number of nitrogens with zero attached hydrogens (tertiary/aromatic N) is 5. The Hall–Kier alpha value is -2.53. The molecule has 0 atom stereocenters. The van der Waals surface area contributed by atoms with Crippen molar-refractivity contribution in [3.8, 4) is 0 Å². The van der Waals surface area contributed by atoms with Gasteiger partial charge in [-0.15, -0.1) is 0 Å². The second-order valence-corrected chi connectivity index (χ2v) is 5.86. The highest BCUT2D eigenvalue weighted by Crippen LogP contribution is 2.31. The van der Waals surface area contributed by atoms with Crippen LogP contribution in [-0.4, -0.2) is 32.3 Å². The van der Waals surface area contributed by atoms with Crippen LogP contribution in [0.25, 0.3) is 10.4 Å². The monoisotopic (exact) mass is 314 g/mol. The highest BCUT2D eigenvalue weighted by atomic mass is 16.1. The van der Waals surface area contributed by atoms with Gasteiger partial charge in [0, 0.05) is 30.7 Å². The second-order valence-electron chi connectivity index (χ2n) is 5.86. The van der Waals surface area contributed by atoms with Crippen LogP contribution in [0.15, 0.2) is 28.3 Å². The van der Waals surface area contributed by atoms with E-state index >= 15 is 0 Å². The molecule has 122 valence electrons. The Labute approximate surface area is 136 Å². The van der Waals surface area contributed by atoms with Gasteiger partial charge in [0.2, 0.25) is 0 Å². The van der Waals surface area contributed by atoms with Crippen LogP contribution in [0.2, 0.25) is 0 Å². The Morgan fingerprint density at radius 3 is 2.70 bits per heavy atom. The largest absolute Gasteiger partial charge is 0.378 e. The van der Waals surface area contributed by atoms with Crippen molar-refractivity contribution in [3.63, 3.8) is 0 Å². The van der Waals surface area contributed by atoms with Gasteiger partial charge in [0.1, 0.15) is 0 Å². The zero-order valence-corrected chi connectivity index (χ0v) is 13.6. The first-order valence-electron chi connectivity index (χ1n) is 7.81. The molecule has 23 heavy (non-hydrogen) atoms. The number of carbonyl (C=O) groups excluding carboxylic acids is 1. The summed E-state index contributed by atoms with van der Waals surface area (Å²) in [6.07, 6.45) is 6.89.